The Hall–Kier alpha value is 1.09. The Balaban J connectivity index is 0.000000228. The van der Waals surface area contributed by atoms with Gasteiger partial charge in [0.1, 0.15) is 0 Å². The molecule has 0 aliphatic carbocycles. The van der Waals surface area contributed by atoms with Crippen LogP contribution in [0.3, 0.4) is 0 Å². The molecule has 0 unspecified atom stereocenters. The Morgan fingerprint density at radius 2 is 1.47 bits per heavy atom. The molecule has 1 saturated heterocycles. The molecule has 0 aromatic carbocycles. The molecule has 0 radical (unpaired) electrons. The van der Waals surface area contributed by atoms with E-state index in [0.717, 1.165) is 19.6 Å². The molecule has 2 nitrogen and oxygen atoms in total. The zero-order chi connectivity index (χ0) is 13.0. The summed E-state index contributed by atoms with van der Waals surface area (Å²) >= 11 is -3.06. The zero-order valence-electron chi connectivity index (χ0n) is 9.27. The van der Waals surface area contributed by atoms with E-state index in [1.54, 1.807) is 6.20 Å². The second-order valence-electron chi connectivity index (χ2n) is 3.14. The van der Waals surface area contributed by atoms with E-state index in [9.17, 15) is 0 Å². The van der Waals surface area contributed by atoms with Crippen molar-refractivity contribution in [1.29, 1.82) is 0 Å². The topological polar surface area (TPSA) is 28.2 Å². The Morgan fingerprint density at radius 1 is 0.882 bits per heavy atom. The van der Waals surface area contributed by atoms with Gasteiger partial charge in [-0.3, -0.25) is 0 Å². The molecule has 2 heterocycles. The third kappa shape index (κ3) is 22.7. The molecular weight excluding hydrogens is 485 g/mol. The second-order valence-corrected chi connectivity index (χ2v) is 22.8. The third-order valence-corrected chi connectivity index (χ3v) is 1.78. The van der Waals surface area contributed by atoms with E-state index in [2.05, 4.69) is 10.6 Å². The van der Waals surface area contributed by atoms with Gasteiger partial charge in [0.25, 0.3) is 0 Å². The number of hydrogen-bond donors (Lipinski definition) is 0. The van der Waals surface area contributed by atoms with Crippen LogP contribution in [-0.4, -0.2) is 19.6 Å². The number of halogens is 4. The fourth-order valence-electron chi connectivity index (χ4n) is 1.11. The standard InChI is InChI=1S/C5H10N.C5H6N.4ClH.Pt/c2*1-2-4-6-5-3-1;;;;;/h1-5H2;1-4H,5H2;4*1H;/q2*-1;;;;;+6/p-4. The molecule has 0 amide bonds. The second kappa shape index (κ2) is 12.1. The van der Waals surface area contributed by atoms with Crippen LogP contribution in [0.15, 0.2) is 24.4 Å². The van der Waals surface area contributed by atoms with Crippen molar-refractivity contribution in [3.8, 4) is 0 Å². The Bertz CT molecular complexity index is 195. The Kier molecular flexibility index (Phi) is 12.9. The van der Waals surface area contributed by atoms with Crippen molar-refractivity contribution < 1.29 is 11.9 Å². The fourth-order valence-corrected chi connectivity index (χ4v) is 1.11. The van der Waals surface area contributed by atoms with Crippen LogP contribution in [0, 0.1) is 0 Å². The van der Waals surface area contributed by atoms with Gasteiger partial charge >= 0.3 is 49.6 Å². The van der Waals surface area contributed by atoms with Gasteiger partial charge in [-0.05, 0) is 0 Å². The van der Waals surface area contributed by atoms with Crippen molar-refractivity contribution in [2.45, 2.75) is 19.3 Å². The number of allylic oxidation sites excluding steroid dienone is 2. The van der Waals surface area contributed by atoms with Crippen LogP contribution < -0.4 is 0 Å². The monoisotopic (exact) mass is 499 g/mol. The first-order valence-corrected chi connectivity index (χ1v) is 16.4. The van der Waals surface area contributed by atoms with Crippen LogP contribution in [0.25, 0.3) is 10.6 Å². The van der Waals surface area contributed by atoms with E-state index in [0.29, 0.717) is 0 Å². The molecule has 0 aromatic rings. The van der Waals surface area contributed by atoms with Crippen molar-refractivity contribution in [3.05, 3.63) is 35.1 Å². The summed E-state index contributed by atoms with van der Waals surface area (Å²) in [6.07, 6.45) is 11.8. The molecule has 2 aliphatic rings. The molecule has 104 valence electrons. The van der Waals surface area contributed by atoms with E-state index in [-0.39, 0.29) is 0 Å². The summed E-state index contributed by atoms with van der Waals surface area (Å²) in [6.45, 7) is 3.11. The van der Waals surface area contributed by atoms with Gasteiger partial charge in [-0.15, -0.1) is 25.7 Å². The number of piperidine rings is 1. The maximum atomic E-state index is 5.01. The summed E-state index contributed by atoms with van der Waals surface area (Å²) in [4.78, 5) is 0. The summed E-state index contributed by atoms with van der Waals surface area (Å²) in [5, 5.41) is 8.09. The SMILES string of the molecule is C1=CC[N-]C=C1.C1CC[N-]CC1.[Cl][Pt+2]([Cl])([Cl])[Cl]. The molecule has 7 heteroatoms. The molecule has 2 aliphatic heterocycles. The number of rotatable bonds is 0. The van der Waals surface area contributed by atoms with Crippen molar-refractivity contribution >= 4 is 37.7 Å². The van der Waals surface area contributed by atoms with Gasteiger partial charge in [-0.1, -0.05) is 31.4 Å². The van der Waals surface area contributed by atoms with Gasteiger partial charge in [-0.2, -0.15) is 6.20 Å². The summed E-state index contributed by atoms with van der Waals surface area (Å²) in [7, 11) is 20.0. The minimum absolute atomic E-state index is 0.858. The van der Waals surface area contributed by atoms with Crippen LogP contribution in [0.5, 0.6) is 0 Å². The van der Waals surface area contributed by atoms with E-state index in [1.165, 1.54) is 19.3 Å². The van der Waals surface area contributed by atoms with E-state index in [4.69, 9.17) is 37.7 Å². The summed E-state index contributed by atoms with van der Waals surface area (Å²) in [5.41, 5.74) is 0. The fraction of sp³-hybridized carbons (Fsp3) is 0.600. The van der Waals surface area contributed by atoms with Crippen LogP contribution in [0.2, 0.25) is 0 Å². The van der Waals surface area contributed by atoms with Crippen molar-refractivity contribution in [1.82, 2.24) is 0 Å². The molecule has 0 aromatic heterocycles. The van der Waals surface area contributed by atoms with Crippen LogP contribution >= 0.6 is 37.7 Å². The average molecular weight is 501 g/mol. The van der Waals surface area contributed by atoms with Crippen LogP contribution in [0.4, 0.5) is 0 Å². The maximum absolute atomic E-state index is 5.01. The van der Waals surface area contributed by atoms with E-state index >= 15 is 0 Å². The Morgan fingerprint density at radius 3 is 1.59 bits per heavy atom. The average Bonchev–Trinajstić information content (AvgIpc) is 2.32. The first-order valence-electron chi connectivity index (χ1n) is 5.09. The summed E-state index contributed by atoms with van der Waals surface area (Å²) in [5.74, 6) is 0. The molecule has 1 fully saturated rings. The first-order chi connectivity index (χ1) is 8.00. The van der Waals surface area contributed by atoms with Crippen molar-refractivity contribution in [3.63, 3.8) is 0 Å². The van der Waals surface area contributed by atoms with Gasteiger partial charge in [0, 0.05) is 0 Å². The molecule has 0 atom stereocenters. The van der Waals surface area contributed by atoms with Crippen LogP contribution in [0.1, 0.15) is 19.3 Å². The molecule has 0 spiro atoms. The normalized spacial score (nSPS) is 19.1. The third-order valence-electron chi connectivity index (χ3n) is 1.78. The molecular formula is C10H16Cl4N2Pt. The zero-order valence-corrected chi connectivity index (χ0v) is 14.6. The summed E-state index contributed by atoms with van der Waals surface area (Å²) in [6, 6.07) is 0. The quantitative estimate of drug-likeness (QED) is 0.405. The predicted molar refractivity (Wildman–Crippen MR) is 76.9 cm³/mol. The summed E-state index contributed by atoms with van der Waals surface area (Å²) < 4.78 is 0. The number of hydrogen-bond acceptors (Lipinski definition) is 0. The van der Waals surface area contributed by atoms with Crippen LogP contribution in [-0.2, 0) is 11.9 Å². The van der Waals surface area contributed by atoms with Gasteiger partial charge in [0.2, 0.25) is 0 Å². The van der Waals surface area contributed by atoms with Gasteiger partial charge in [0.05, 0.1) is 0 Å². The van der Waals surface area contributed by atoms with Crippen molar-refractivity contribution in [2.24, 2.45) is 0 Å². The van der Waals surface area contributed by atoms with E-state index in [1.807, 2.05) is 18.2 Å². The van der Waals surface area contributed by atoms with Gasteiger partial charge in [0.15, 0.2) is 0 Å². The number of nitrogens with zero attached hydrogens (tertiary/aromatic N) is 2. The predicted octanol–water partition coefficient (Wildman–Crippen LogP) is 5.74. The van der Waals surface area contributed by atoms with Crippen molar-refractivity contribution in [2.75, 3.05) is 19.6 Å². The molecule has 0 bridgehead atoms. The molecule has 0 saturated carbocycles. The molecule has 2 rings (SSSR count). The van der Waals surface area contributed by atoms with E-state index < -0.39 is 11.9 Å². The molecule has 0 N–H and O–H groups in total. The van der Waals surface area contributed by atoms with Gasteiger partial charge in [-0.25, -0.2) is 0 Å². The van der Waals surface area contributed by atoms with Gasteiger partial charge < -0.3 is 10.6 Å². The minimum atomic E-state index is -3.06. The first kappa shape index (κ1) is 18.1. The molecule has 17 heavy (non-hydrogen) atoms. The Labute approximate surface area is 123 Å².